The first-order valence-electron chi connectivity index (χ1n) is 3.54. The van der Waals surface area contributed by atoms with Crippen LogP contribution in [0, 0.1) is 0 Å². The maximum atomic E-state index is 5.82. The Morgan fingerprint density at radius 3 is 1.80 bits per heavy atom. The minimum Gasteiger partial charge on any atom is -0.385 e. The Labute approximate surface area is 64.2 Å². The van der Waals surface area contributed by atoms with Gasteiger partial charge in [0, 0.05) is 27.4 Å². The molecule has 0 unspecified atom stereocenters. The molecule has 0 atom stereocenters. The molecule has 0 rings (SSSR count). The van der Waals surface area contributed by atoms with E-state index in [9.17, 15) is 0 Å². The minimum absolute atomic E-state index is 0.803. The van der Waals surface area contributed by atoms with Crippen LogP contribution in [0.3, 0.4) is 0 Å². The van der Waals surface area contributed by atoms with Gasteiger partial charge in [0.05, 0.1) is 0 Å². The number of methoxy groups -OCH3 is 2. The van der Waals surface area contributed by atoms with Crippen LogP contribution in [0.25, 0.3) is 0 Å². The molecule has 0 aliphatic rings. The van der Waals surface area contributed by atoms with Crippen molar-refractivity contribution in [1.29, 1.82) is 0 Å². The van der Waals surface area contributed by atoms with E-state index in [4.69, 9.17) is 14.9 Å². The second-order valence-corrected chi connectivity index (χ2v) is 5.00. The quantitative estimate of drug-likeness (QED) is 0.559. The molecule has 0 aliphatic heterocycles. The summed E-state index contributed by atoms with van der Waals surface area (Å²) >= 11 is 0. The molecule has 0 saturated heterocycles. The van der Waals surface area contributed by atoms with Gasteiger partial charge in [-0.1, -0.05) is 0 Å². The van der Waals surface area contributed by atoms with E-state index >= 15 is 0 Å². The fourth-order valence-corrected chi connectivity index (χ4v) is 2.05. The van der Waals surface area contributed by atoms with Gasteiger partial charge in [-0.2, -0.15) is 0 Å². The number of ether oxygens (including phenoxy) is 2. The van der Waals surface area contributed by atoms with Crippen molar-refractivity contribution in [3.63, 3.8) is 0 Å². The molecule has 0 aromatic heterocycles. The molecule has 0 saturated carbocycles. The van der Waals surface area contributed by atoms with Crippen molar-refractivity contribution >= 4 is 8.96 Å². The van der Waals surface area contributed by atoms with Crippen molar-refractivity contribution in [3.05, 3.63) is 0 Å². The van der Waals surface area contributed by atoms with Gasteiger partial charge in [0.15, 0.2) is 0 Å². The predicted molar refractivity (Wildman–Crippen MR) is 44.7 cm³/mol. The molecule has 0 radical (unpaired) electrons. The number of hydrogen-bond acceptors (Lipinski definition) is 3. The van der Waals surface area contributed by atoms with Crippen molar-refractivity contribution in [2.75, 3.05) is 27.4 Å². The van der Waals surface area contributed by atoms with E-state index in [1.165, 1.54) is 0 Å². The Morgan fingerprint density at radius 2 is 1.50 bits per heavy atom. The molecule has 3 nitrogen and oxygen atoms in total. The first-order chi connectivity index (χ1) is 4.81. The molecule has 2 N–H and O–H groups in total. The van der Waals surface area contributed by atoms with Crippen LogP contribution in [0.4, 0.5) is 0 Å². The Bertz CT molecular complexity index is 64.8. The molecule has 10 heavy (non-hydrogen) atoms. The lowest BCUT2D eigenvalue weighted by atomic mass is 10.8. The highest BCUT2D eigenvalue weighted by atomic mass is 28.3. The Kier molecular flexibility index (Phi) is 7.28. The van der Waals surface area contributed by atoms with Gasteiger partial charge in [-0.3, -0.25) is 0 Å². The zero-order valence-electron chi connectivity index (χ0n) is 6.80. The fraction of sp³-hybridized carbons (Fsp3) is 1.00. The molecule has 0 bridgehead atoms. The maximum absolute atomic E-state index is 5.82. The van der Waals surface area contributed by atoms with Crippen LogP contribution >= 0.6 is 0 Å². The van der Waals surface area contributed by atoms with Crippen LogP contribution in [-0.2, 0) is 9.47 Å². The molecule has 62 valence electrons. The summed E-state index contributed by atoms with van der Waals surface area (Å²) in [7, 11) is 2.42. The van der Waals surface area contributed by atoms with Crippen LogP contribution < -0.4 is 5.40 Å². The van der Waals surface area contributed by atoms with Crippen LogP contribution in [0.2, 0.25) is 12.1 Å². The van der Waals surface area contributed by atoms with Gasteiger partial charge < -0.3 is 14.9 Å². The summed E-state index contributed by atoms with van der Waals surface area (Å²) in [5.74, 6) is 0. The van der Waals surface area contributed by atoms with Crippen LogP contribution in [0.1, 0.15) is 0 Å². The smallest absolute Gasteiger partial charge is 0.110 e. The molecular weight excluding hydrogens is 146 g/mol. The van der Waals surface area contributed by atoms with E-state index in [1.807, 2.05) is 0 Å². The van der Waals surface area contributed by atoms with E-state index in [2.05, 4.69) is 0 Å². The lowest BCUT2D eigenvalue weighted by Crippen LogP contribution is -2.27. The Morgan fingerprint density at radius 1 is 1.10 bits per heavy atom. The summed E-state index contributed by atoms with van der Waals surface area (Å²) in [6.45, 7) is 1.61. The van der Waals surface area contributed by atoms with Crippen molar-refractivity contribution in [2.24, 2.45) is 5.40 Å². The standard InChI is InChI=1S/C6H17NO2Si/c1-8-3-5-10(7)6-4-9-2/h10H,3-7H2,1-2H3. The van der Waals surface area contributed by atoms with Crippen molar-refractivity contribution in [2.45, 2.75) is 12.1 Å². The molecule has 0 heterocycles. The van der Waals surface area contributed by atoms with Gasteiger partial charge in [-0.25, -0.2) is 0 Å². The van der Waals surface area contributed by atoms with Gasteiger partial charge in [-0.15, -0.1) is 0 Å². The van der Waals surface area contributed by atoms with E-state index in [0.717, 1.165) is 25.3 Å². The topological polar surface area (TPSA) is 44.5 Å². The normalized spacial score (nSPS) is 10.8. The Balaban J connectivity index is 3.00. The third-order valence-electron chi connectivity index (χ3n) is 1.39. The van der Waals surface area contributed by atoms with Gasteiger partial charge in [0.2, 0.25) is 0 Å². The first-order valence-corrected chi connectivity index (χ1v) is 5.84. The van der Waals surface area contributed by atoms with Crippen molar-refractivity contribution in [3.8, 4) is 0 Å². The second-order valence-electron chi connectivity index (χ2n) is 2.32. The highest BCUT2D eigenvalue weighted by Gasteiger charge is 2.02. The van der Waals surface area contributed by atoms with Gasteiger partial charge in [-0.05, 0) is 12.1 Å². The minimum atomic E-state index is -0.987. The van der Waals surface area contributed by atoms with E-state index < -0.39 is 8.96 Å². The lowest BCUT2D eigenvalue weighted by molar-refractivity contribution is 0.209. The molecular formula is C6H17NO2Si. The predicted octanol–water partition coefficient (Wildman–Crippen LogP) is -0.0383. The SMILES string of the molecule is COCC[SiH](N)CCOC. The molecule has 4 heteroatoms. The summed E-state index contributed by atoms with van der Waals surface area (Å²) in [6.07, 6.45) is 0. The summed E-state index contributed by atoms with van der Waals surface area (Å²) < 4.78 is 9.81. The average Bonchev–Trinajstić information content (AvgIpc) is 1.97. The molecule has 0 aromatic rings. The van der Waals surface area contributed by atoms with Gasteiger partial charge in [0.25, 0.3) is 0 Å². The van der Waals surface area contributed by atoms with Crippen LogP contribution in [0.5, 0.6) is 0 Å². The van der Waals surface area contributed by atoms with E-state index in [0.29, 0.717) is 0 Å². The van der Waals surface area contributed by atoms with E-state index in [-0.39, 0.29) is 0 Å². The average molecular weight is 163 g/mol. The maximum Gasteiger partial charge on any atom is 0.110 e. The van der Waals surface area contributed by atoms with Crippen LogP contribution in [0.15, 0.2) is 0 Å². The lowest BCUT2D eigenvalue weighted by Gasteiger charge is -2.06. The van der Waals surface area contributed by atoms with Gasteiger partial charge in [0.1, 0.15) is 8.96 Å². The molecule has 0 fully saturated rings. The highest BCUT2D eigenvalue weighted by molar-refractivity contribution is 6.55. The number of hydrogen-bond donors (Lipinski definition) is 1. The monoisotopic (exact) mass is 163 g/mol. The molecule has 0 spiro atoms. The fourth-order valence-electron chi connectivity index (χ4n) is 0.683. The largest absolute Gasteiger partial charge is 0.385 e. The third-order valence-corrected chi connectivity index (χ3v) is 3.34. The summed E-state index contributed by atoms with van der Waals surface area (Å²) in [5.41, 5.74) is 0. The molecule has 0 amide bonds. The zero-order valence-corrected chi connectivity index (χ0v) is 7.95. The zero-order chi connectivity index (χ0) is 7.82. The molecule has 0 aliphatic carbocycles. The van der Waals surface area contributed by atoms with Crippen LogP contribution in [-0.4, -0.2) is 36.4 Å². The first kappa shape index (κ1) is 10.1. The van der Waals surface area contributed by atoms with Gasteiger partial charge >= 0.3 is 0 Å². The second kappa shape index (κ2) is 7.21. The highest BCUT2D eigenvalue weighted by Crippen LogP contribution is 1.92. The van der Waals surface area contributed by atoms with Crippen molar-refractivity contribution in [1.82, 2.24) is 0 Å². The summed E-state index contributed by atoms with van der Waals surface area (Å²) in [5, 5.41) is 5.82. The molecule has 0 aromatic carbocycles. The summed E-state index contributed by atoms with van der Waals surface area (Å²) in [6, 6.07) is 2.11. The number of nitrogens with two attached hydrogens (primary N) is 1. The third kappa shape index (κ3) is 6.22. The van der Waals surface area contributed by atoms with E-state index in [1.54, 1.807) is 14.2 Å². The van der Waals surface area contributed by atoms with Crippen molar-refractivity contribution < 1.29 is 9.47 Å². The number of rotatable bonds is 6. The summed E-state index contributed by atoms with van der Waals surface area (Å²) in [4.78, 5) is 0. The Hall–Kier alpha value is 0.0969.